The number of methoxy groups -OCH3 is 1. The van der Waals surface area contributed by atoms with E-state index in [1.165, 1.54) is 32.5 Å². The second-order valence-electron chi connectivity index (χ2n) is 4.98. The number of anilines is 1. The number of hydrogen-bond donors (Lipinski definition) is 1. The summed E-state index contributed by atoms with van der Waals surface area (Å²) in [5, 5.41) is 3.60. The molecule has 2 bridgehead atoms. The first-order valence-electron chi connectivity index (χ1n) is 6.34. The Morgan fingerprint density at radius 1 is 1.35 bits per heavy atom. The third kappa shape index (κ3) is 2.22. The van der Waals surface area contributed by atoms with Crippen LogP contribution < -0.4 is 10.1 Å². The monoisotopic (exact) mass is 233 g/mol. The number of nitrogens with one attached hydrogen (secondary N) is 1. The van der Waals surface area contributed by atoms with Crippen LogP contribution in [0.2, 0.25) is 0 Å². The first kappa shape index (κ1) is 10.8. The molecule has 4 nitrogen and oxygen atoms in total. The van der Waals surface area contributed by atoms with Gasteiger partial charge in [0.25, 0.3) is 0 Å². The van der Waals surface area contributed by atoms with Crippen molar-refractivity contribution in [3.8, 4) is 5.88 Å². The molecule has 1 aromatic rings. The minimum atomic E-state index is 0.590. The summed E-state index contributed by atoms with van der Waals surface area (Å²) in [6, 6.07) is 4.54. The maximum Gasteiger partial charge on any atom is 0.213 e. The molecule has 92 valence electrons. The molecular weight excluding hydrogens is 214 g/mol. The summed E-state index contributed by atoms with van der Waals surface area (Å²) in [6.45, 7) is 3.74. The number of pyridine rings is 1. The van der Waals surface area contributed by atoms with Crippen LogP contribution in [0.1, 0.15) is 12.8 Å². The zero-order chi connectivity index (χ0) is 11.7. The van der Waals surface area contributed by atoms with Crippen molar-refractivity contribution in [3.63, 3.8) is 0 Å². The molecule has 0 radical (unpaired) electrons. The summed E-state index contributed by atoms with van der Waals surface area (Å²) in [7, 11) is 1.64. The molecular formula is C13H19N3O. The molecule has 3 saturated heterocycles. The van der Waals surface area contributed by atoms with E-state index in [1.807, 2.05) is 18.3 Å². The molecule has 3 aliphatic heterocycles. The SMILES string of the molecule is COc1ccc(NC2CN3CCC2CC3)cn1. The lowest BCUT2D eigenvalue weighted by Crippen LogP contribution is -2.53. The highest BCUT2D eigenvalue weighted by Gasteiger charge is 2.33. The number of hydrogen-bond acceptors (Lipinski definition) is 4. The van der Waals surface area contributed by atoms with Crippen molar-refractivity contribution in [2.45, 2.75) is 18.9 Å². The van der Waals surface area contributed by atoms with Crippen molar-refractivity contribution in [1.82, 2.24) is 9.88 Å². The van der Waals surface area contributed by atoms with E-state index in [0.29, 0.717) is 11.9 Å². The Labute approximate surface area is 102 Å². The Morgan fingerprint density at radius 3 is 2.71 bits per heavy atom. The van der Waals surface area contributed by atoms with Crippen LogP contribution in [-0.2, 0) is 0 Å². The van der Waals surface area contributed by atoms with E-state index in [1.54, 1.807) is 7.11 Å². The highest BCUT2D eigenvalue weighted by Crippen LogP contribution is 2.29. The van der Waals surface area contributed by atoms with Gasteiger partial charge in [-0.2, -0.15) is 0 Å². The Morgan fingerprint density at radius 2 is 2.18 bits per heavy atom. The minimum Gasteiger partial charge on any atom is -0.481 e. The maximum absolute atomic E-state index is 5.06. The Balaban J connectivity index is 1.66. The van der Waals surface area contributed by atoms with E-state index < -0.39 is 0 Å². The summed E-state index contributed by atoms with van der Waals surface area (Å²) >= 11 is 0. The first-order chi connectivity index (χ1) is 8.35. The fourth-order valence-corrected chi connectivity index (χ4v) is 2.93. The van der Waals surface area contributed by atoms with E-state index >= 15 is 0 Å². The van der Waals surface area contributed by atoms with E-state index in [-0.39, 0.29) is 0 Å². The standard InChI is InChI=1S/C13H19N3O/c1-17-13-3-2-11(8-14-13)15-12-9-16-6-4-10(12)5-7-16/h2-3,8,10,12,15H,4-7,9H2,1H3. The van der Waals surface area contributed by atoms with Crippen molar-refractivity contribution in [2.24, 2.45) is 5.92 Å². The van der Waals surface area contributed by atoms with Crippen molar-refractivity contribution in [2.75, 3.05) is 32.1 Å². The average Bonchev–Trinajstić information content (AvgIpc) is 2.41. The molecule has 1 atom stereocenters. The number of fused-ring (bicyclic) bond motifs is 3. The molecule has 0 spiro atoms. The van der Waals surface area contributed by atoms with Crippen molar-refractivity contribution in [1.29, 1.82) is 0 Å². The van der Waals surface area contributed by atoms with Gasteiger partial charge in [-0.05, 0) is 37.9 Å². The van der Waals surface area contributed by atoms with Gasteiger partial charge in [0.15, 0.2) is 0 Å². The highest BCUT2D eigenvalue weighted by molar-refractivity contribution is 5.43. The smallest absolute Gasteiger partial charge is 0.213 e. The molecule has 17 heavy (non-hydrogen) atoms. The summed E-state index contributed by atoms with van der Waals surface area (Å²) in [5.74, 6) is 1.51. The lowest BCUT2D eigenvalue weighted by molar-refractivity contribution is 0.0975. The fraction of sp³-hybridized carbons (Fsp3) is 0.615. The molecule has 0 aromatic carbocycles. The number of piperidine rings is 3. The molecule has 1 aromatic heterocycles. The van der Waals surface area contributed by atoms with Crippen molar-refractivity contribution >= 4 is 5.69 Å². The van der Waals surface area contributed by atoms with E-state index in [4.69, 9.17) is 4.74 Å². The molecule has 1 N–H and O–H groups in total. The lowest BCUT2D eigenvalue weighted by atomic mass is 9.84. The summed E-state index contributed by atoms with van der Waals surface area (Å²) in [5.41, 5.74) is 1.10. The zero-order valence-electron chi connectivity index (χ0n) is 10.2. The van der Waals surface area contributed by atoms with Crippen molar-refractivity contribution in [3.05, 3.63) is 18.3 Å². The van der Waals surface area contributed by atoms with Crippen LogP contribution in [0.25, 0.3) is 0 Å². The van der Waals surface area contributed by atoms with E-state index in [0.717, 1.165) is 11.6 Å². The summed E-state index contributed by atoms with van der Waals surface area (Å²) in [4.78, 5) is 6.78. The number of nitrogens with zero attached hydrogens (tertiary/aromatic N) is 2. The number of rotatable bonds is 3. The molecule has 1 unspecified atom stereocenters. The number of aromatic nitrogens is 1. The Hall–Kier alpha value is -1.29. The van der Waals surface area contributed by atoms with Gasteiger partial charge in [0.05, 0.1) is 19.0 Å². The largest absolute Gasteiger partial charge is 0.481 e. The van der Waals surface area contributed by atoms with Crippen LogP contribution in [0.3, 0.4) is 0 Å². The second-order valence-corrected chi connectivity index (χ2v) is 4.98. The Kier molecular flexibility index (Phi) is 2.89. The van der Waals surface area contributed by atoms with Gasteiger partial charge >= 0.3 is 0 Å². The zero-order valence-corrected chi connectivity index (χ0v) is 10.2. The van der Waals surface area contributed by atoms with E-state index in [2.05, 4.69) is 15.2 Å². The Bertz CT molecular complexity index is 371. The molecule has 0 amide bonds. The predicted molar refractivity (Wildman–Crippen MR) is 67.4 cm³/mol. The van der Waals surface area contributed by atoms with Crippen LogP contribution in [0.5, 0.6) is 5.88 Å². The van der Waals surface area contributed by atoms with Crippen LogP contribution >= 0.6 is 0 Å². The van der Waals surface area contributed by atoms with Gasteiger partial charge in [-0.3, -0.25) is 0 Å². The van der Waals surface area contributed by atoms with Gasteiger partial charge in [-0.15, -0.1) is 0 Å². The fourth-order valence-electron chi connectivity index (χ4n) is 2.93. The number of ether oxygens (including phenoxy) is 1. The van der Waals surface area contributed by atoms with Gasteiger partial charge in [-0.25, -0.2) is 4.98 Å². The average molecular weight is 233 g/mol. The first-order valence-corrected chi connectivity index (χ1v) is 6.34. The van der Waals surface area contributed by atoms with E-state index in [9.17, 15) is 0 Å². The van der Waals surface area contributed by atoms with Gasteiger partial charge in [0, 0.05) is 18.7 Å². The van der Waals surface area contributed by atoms with Crippen LogP contribution in [0, 0.1) is 5.92 Å². The van der Waals surface area contributed by atoms with Crippen molar-refractivity contribution < 1.29 is 4.74 Å². The summed E-state index contributed by atoms with van der Waals surface area (Å²) in [6.07, 6.45) is 4.53. The molecule has 0 aliphatic carbocycles. The lowest BCUT2D eigenvalue weighted by Gasteiger charge is -2.45. The minimum absolute atomic E-state index is 0.590. The third-order valence-corrected chi connectivity index (χ3v) is 3.95. The maximum atomic E-state index is 5.06. The third-order valence-electron chi connectivity index (χ3n) is 3.95. The quantitative estimate of drug-likeness (QED) is 0.860. The highest BCUT2D eigenvalue weighted by atomic mass is 16.5. The van der Waals surface area contributed by atoms with Crippen LogP contribution in [-0.4, -0.2) is 42.7 Å². The topological polar surface area (TPSA) is 37.4 Å². The normalized spacial score (nSPS) is 31.2. The van der Waals surface area contributed by atoms with Gasteiger partial charge in [0.1, 0.15) is 0 Å². The molecule has 3 aliphatic rings. The molecule has 4 heterocycles. The molecule has 4 rings (SSSR count). The van der Waals surface area contributed by atoms with Gasteiger partial charge < -0.3 is 15.0 Å². The van der Waals surface area contributed by atoms with Crippen LogP contribution in [0.15, 0.2) is 18.3 Å². The molecule has 3 fully saturated rings. The molecule has 4 heteroatoms. The second kappa shape index (κ2) is 4.53. The van der Waals surface area contributed by atoms with Gasteiger partial charge in [0.2, 0.25) is 5.88 Å². The van der Waals surface area contributed by atoms with Gasteiger partial charge in [-0.1, -0.05) is 0 Å². The van der Waals surface area contributed by atoms with Crippen LogP contribution in [0.4, 0.5) is 5.69 Å². The summed E-state index contributed by atoms with van der Waals surface area (Å²) < 4.78 is 5.06. The molecule has 0 saturated carbocycles. The predicted octanol–water partition coefficient (Wildman–Crippen LogP) is 1.60.